The molecule has 5 nitrogen and oxygen atoms in total. The molecule has 0 aromatic rings. The molecule has 0 aromatic carbocycles. The zero-order chi connectivity index (χ0) is 11.8. The highest BCUT2D eigenvalue weighted by Gasteiger charge is 2.21. The molecule has 1 N–H and O–H groups in total. The highest BCUT2D eigenvalue weighted by Crippen LogP contribution is 1.94. The lowest BCUT2D eigenvalue weighted by Gasteiger charge is -2.22. The predicted octanol–water partition coefficient (Wildman–Crippen LogP) is 0.00590. The number of nitrogens with one attached hydrogen (secondary N) is 1. The van der Waals surface area contributed by atoms with E-state index in [1.807, 2.05) is 11.9 Å². The zero-order valence-electron chi connectivity index (χ0n) is 9.87. The van der Waals surface area contributed by atoms with Gasteiger partial charge in [-0.1, -0.05) is 6.92 Å². The van der Waals surface area contributed by atoms with Gasteiger partial charge in [0.15, 0.2) is 0 Å². The van der Waals surface area contributed by atoms with Gasteiger partial charge in [0.05, 0.1) is 7.11 Å². The van der Waals surface area contributed by atoms with Crippen LogP contribution in [-0.2, 0) is 14.3 Å². The Kier molecular flexibility index (Phi) is 6.70. The van der Waals surface area contributed by atoms with Gasteiger partial charge in [-0.3, -0.25) is 4.79 Å². The van der Waals surface area contributed by atoms with Gasteiger partial charge < -0.3 is 15.0 Å². The second-order valence-corrected chi connectivity index (χ2v) is 3.54. The molecule has 88 valence electrons. The van der Waals surface area contributed by atoms with E-state index in [9.17, 15) is 9.59 Å². The maximum atomic E-state index is 11.3. The largest absolute Gasteiger partial charge is 0.467 e. The van der Waals surface area contributed by atoms with Gasteiger partial charge in [0.25, 0.3) is 0 Å². The Hall–Kier alpha value is -1.10. The van der Waals surface area contributed by atoms with Crippen molar-refractivity contribution in [1.29, 1.82) is 0 Å². The van der Waals surface area contributed by atoms with E-state index in [1.165, 1.54) is 14.0 Å². The molecular formula is C10H20N2O3. The second kappa shape index (κ2) is 7.23. The van der Waals surface area contributed by atoms with Gasteiger partial charge in [0.1, 0.15) is 6.04 Å². The van der Waals surface area contributed by atoms with Gasteiger partial charge in [-0.2, -0.15) is 0 Å². The highest BCUT2D eigenvalue weighted by molar-refractivity contribution is 5.83. The lowest BCUT2D eigenvalue weighted by molar-refractivity contribution is -0.145. The van der Waals surface area contributed by atoms with Crippen molar-refractivity contribution in [3.8, 4) is 0 Å². The molecule has 0 spiro atoms. The van der Waals surface area contributed by atoms with Crippen LogP contribution in [0, 0.1) is 0 Å². The lowest BCUT2D eigenvalue weighted by Crippen LogP contribution is -2.47. The molecule has 1 unspecified atom stereocenters. The van der Waals surface area contributed by atoms with Crippen LogP contribution in [0.5, 0.6) is 0 Å². The first-order chi connectivity index (χ1) is 7.01. The Morgan fingerprint density at radius 1 is 1.47 bits per heavy atom. The van der Waals surface area contributed by atoms with Crippen molar-refractivity contribution in [2.75, 3.05) is 27.2 Å². The van der Waals surface area contributed by atoms with Crippen molar-refractivity contribution in [2.24, 2.45) is 0 Å². The standard InChI is InChI=1S/C10H20N2O3/c1-5-6-12(3)7-9(10(14)15-4)11-8(2)13/h9H,5-7H2,1-4H3,(H,11,13). The molecule has 0 aliphatic heterocycles. The smallest absolute Gasteiger partial charge is 0.329 e. The van der Waals surface area contributed by atoms with Crippen LogP contribution in [-0.4, -0.2) is 50.1 Å². The van der Waals surface area contributed by atoms with Crippen LogP contribution < -0.4 is 5.32 Å². The van der Waals surface area contributed by atoms with E-state index in [0.717, 1.165) is 13.0 Å². The van der Waals surface area contributed by atoms with Crippen molar-refractivity contribution < 1.29 is 14.3 Å². The molecule has 0 aliphatic carbocycles. The molecule has 0 bridgehead atoms. The fourth-order valence-electron chi connectivity index (χ4n) is 1.35. The summed E-state index contributed by atoms with van der Waals surface area (Å²) in [6.45, 7) is 4.80. The number of hydrogen-bond acceptors (Lipinski definition) is 4. The Morgan fingerprint density at radius 3 is 2.47 bits per heavy atom. The molecule has 0 rings (SSSR count). The summed E-state index contributed by atoms with van der Waals surface area (Å²) in [7, 11) is 3.22. The van der Waals surface area contributed by atoms with E-state index in [0.29, 0.717) is 6.54 Å². The third-order valence-electron chi connectivity index (χ3n) is 1.96. The van der Waals surface area contributed by atoms with Crippen molar-refractivity contribution in [2.45, 2.75) is 26.3 Å². The molecule has 1 atom stereocenters. The summed E-state index contributed by atoms with van der Waals surface area (Å²) in [6.07, 6.45) is 1.00. The molecule has 0 saturated heterocycles. The summed E-state index contributed by atoms with van der Waals surface area (Å²) in [5, 5.41) is 2.56. The van der Waals surface area contributed by atoms with Crippen molar-refractivity contribution in [3.63, 3.8) is 0 Å². The molecular weight excluding hydrogens is 196 g/mol. The first-order valence-corrected chi connectivity index (χ1v) is 5.04. The normalized spacial score (nSPS) is 12.3. The maximum Gasteiger partial charge on any atom is 0.329 e. The molecule has 5 heteroatoms. The van der Waals surface area contributed by atoms with Crippen molar-refractivity contribution >= 4 is 11.9 Å². The Morgan fingerprint density at radius 2 is 2.07 bits per heavy atom. The van der Waals surface area contributed by atoms with Crippen molar-refractivity contribution in [3.05, 3.63) is 0 Å². The van der Waals surface area contributed by atoms with Gasteiger partial charge in [-0.05, 0) is 20.0 Å². The maximum absolute atomic E-state index is 11.3. The number of likely N-dealkylation sites (N-methyl/N-ethyl adjacent to an activating group) is 1. The minimum atomic E-state index is -0.580. The summed E-state index contributed by atoms with van der Waals surface area (Å²) < 4.78 is 4.61. The number of hydrogen-bond donors (Lipinski definition) is 1. The van der Waals surface area contributed by atoms with Gasteiger partial charge in [0.2, 0.25) is 5.91 Å². The zero-order valence-corrected chi connectivity index (χ0v) is 9.87. The van der Waals surface area contributed by atoms with Crippen LogP contribution in [0.3, 0.4) is 0 Å². The number of rotatable bonds is 6. The number of methoxy groups -OCH3 is 1. The molecule has 0 heterocycles. The van der Waals surface area contributed by atoms with E-state index >= 15 is 0 Å². The number of amides is 1. The number of carbonyl (C=O) groups excluding carboxylic acids is 2. The van der Waals surface area contributed by atoms with Gasteiger partial charge in [-0.25, -0.2) is 4.79 Å². The first kappa shape index (κ1) is 13.9. The summed E-state index contributed by atoms with van der Waals surface area (Å²) in [5.41, 5.74) is 0. The van der Waals surface area contributed by atoms with Gasteiger partial charge in [-0.15, -0.1) is 0 Å². The van der Waals surface area contributed by atoms with Crippen LogP contribution in [0.25, 0.3) is 0 Å². The summed E-state index contributed by atoms with van der Waals surface area (Å²) in [5.74, 6) is -0.636. The lowest BCUT2D eigenvalue weighted by atomic mass is 10.2. The quantitative estimate of drug-likeness (QED) is 0.635. The third kappa shape index (κ3) is 6.06. The molecule has 0 aliphatic rings. The van der Waals surface area contributed by atoms with E-state index in [2.05, 4.69) is 17.0 Å². The Bertz CT molecular complexity index is 219. The average Bonchev–Trinajstić information content (AvgIpc) is 2.15. The molecule has 0 saturated carbocycles. The topological polar surface area (TPSA) is 58.6 Å². The van der Waals surface area contributed by atoms with Gasteiger partial charge >= 0.3 is 5.97 Å². The second-order valence-electron chi connectivity index (χ2n) is 3.54. The minimum Gasteiger partial charge on any atom is -0.467 e. The monoisotopic (exact) mass is 216 g/mol. The molecule has 15 heavy (non-hydrogen) atoms. The molecule has 0 aromatic heterocycles. The number of carbonyl (C=O) groups is 2. The van der Waals surface area contributed by atoms with Gasteiger partial charge in [0, 0.05) is 13.5 Å². The SMILES string of the molecule is CCCN(C)CC(NC(C)=O)C(=O)OC. The predicted molar refractivity (Wildman–Crippen MR) is 57.4 cm³/mol. The molecule has 0 fully saturated rings. The summed E-state index contributed by atoms with van der Waals surface area (Å²) >= 11 is 0. The van der Waals surface area contributed by atoms with Crippen LogP contribution in [0.15, 0.2) is 0 Å². The van der Waals surface area contributed by atoms with Crippen LogP contribution >= 0.6 is 0 Å². The Balaban J connectivity index is 4.23. The highest BCUT2D eigenvalue weighted by atomic mass is 16.5. The first-order valence-electron chi connectivity index (χ1n) is 5.04. The van der Waals surface area contributed by atoms with Crippen molar-refractivity contribution in [1.82, 2.24) is 10.2 Å². The van der Waals surface area contributed by atoms with E-state index in [4.69, 9.17) is 0 Å². The summed E-state index contributed by atoms with van der Waals surface area (Å²) in [6, 6.07) is -0.580. The Labute approximate surface area is 90.8 Å². The van der Waals surface area contributed by atoms with E-state index in [-0.39, 0.29) is 5.91 Å². The van der Waals surface area contributed by atoms with E-state index in [1.54, 1.807) is 0 Å². The fraction of sp³-hybridized carbons (Fsp3) is 0.800. The average molecular weight is 216 g/mol. The van der Waals surface area contributed by atoms with E-state index < -0.39 is 12.0 Å². The number of nitrogens with zero attached hydrogens (tertiary/aromatic N) is 1. The third-order valence-corrected chi connectivity index (χ3v) is 1.96. The fourth-order valence-corrected chi connectivity index (χ4v) is 1.35. The molecule has 1 amide bonds. The van der Waals surface area contributed by atoms with Crippen LogP contribution in [0.2, 0.25) is 0 Å². The number of ether oxygens (including phenoxy) is 1. The van der Waals surface area contributed by atoms with Crippen LogP contribution in [0.4, 0.5) is 0 Å². The molecule has 0 radical (unpaired) electrons. The summed E-state index contributed by atoms with van der Waals surface area (Å²) in [4.78, 5) is 24.2. The minimum absolute atomic E-state index is 0.227. The van der Waals surface area contributed by atoms with Crippen LogP contribution in [0.1, 0.15) is 20.3 Å². The number of esters is 1.